The molecule has 0 saturated carbocycles. The Morgan fingerprint density at radius 3 is 2.79 bits per heavy atom. The number of benzene rings is 1. The predicted octanol–water partition coefficient (Wildman–Crippen LogP) is 2.86. The minimum atomic E-state index is -1.02. The molecule has 0 saturated heterocycles. The van der Waals surface area contributed by atoms with Gasteiger partial charge in [-0.15, -0.1) is 0 Å². The van der Waals surface area contributed by atoms with Crippen LogP contribution in [-0.2, 0) is 0 Å². The SMILES string of the molecule is CSCC(C)(O)CNc1cc(F)c(I)cc1[N+](=O)[O-]. The first-order chi connectivity index (χ1) is 8.76. The Hall–Kier alpha value is -0.610. The van der Waals surface area contributed by atoms with Gasteiger partial charge in [0.2, 0.25) is 0 Å². The summed E-state index contributed by atoms with van der Waals surface area (Å²) in [6.07, 6.45) is 1.85. The molecule has 0 spiro atoms. The molecule has 1 aromatic carbocycles. The van der Waals surface area contributed by atoms with Gasteiger partial charge in [0.25, 0.3) is 5.69 Å². The number of thioether (sulfide) groups is 1. The zero-order valence-electron chi connectivity index (χ0n) is 10.4. The van der Waals surface area contributed by atoms with Gasteiger partial charge in [-0.3, -0.25) is 10.1 Å². The van der Waals surface area contributed by atoms with Crippen molar-refractivity contribution >= 4 is 45.7 Å². The second-order valence-corrected chi connectivity index (χ2v) is 6.35. The maximum atomic E-state index is 13.5. The monoisotopic (exact) mass is 400 g/mol. The van der Waals surface area contributed by atoms with Gasteiger partial charge in [0, 0.05) is 24.4 Å². The van der Waals surface area contributed by atoms with Crippen molar-refractivity contribution in [1.29, 1.82) is 0 Å². The fraction of sp³-hybridized carbons (Fsp3) is 0.455. The predicted molar refractivity (Wildman–Crippen MR) is 83.3 cm³/mol. The topological polar surface area (TPSA) is 75.4 Å². The molecule has 8 heteroatoms. The Morgan fingerprint density at radius 2 is 2.26 bits per heavy atom. The van der Waals surface area contributed by atoms with Crippen LogP contribution in [0.25, 0.3) is 0 Å². The fourth-order valence-electron chi connectivity index (χ4n) is 1.48. The molecule has 5 nitrogen and oxygen atoms in total. The molecule has 0 aromatic heterocycles. The minimum absolute atomic E-state index is 0.0734. The van der Waals surface area contributed by atoms with Crippen molar-refractivity contribution in [3.05, 3.63) is 31.6 Å². The number of hydrogen-bond acceptors (Lipinski definition) is 5. The highest BCUT2D eigenvalue weighted by molar-refractivity contribution is 14.1. The Kier molecular flexibility index (Phi) is 5.81. The molecule has 1 unspecified atom stereocenters. The van der Waals surface area contributed by atoms with Crippen LogP contribution in [0.4, 0.5) is 15.8 Å². The summed E-state index contributed by atoms with van der Waals surface area (Å²) in [5.74, 6) is -0.0566. The molecule has 0 heterocycles. The molecule has 1 rings (SSSR count). The number of anilines is 1. The summed E-state index contributed by atoms with van der Waals surface area (Å²) in [5.41, 5.74) is -1.15. The molecule has 0 fully saturated rings. The Bertz CT molecular complexity index is 485. The second-order valence-electron chi connectivity index (χ2n) is 4.32. The average molecular weight is 400 g/mol. The quantitative estimate of drug-likeness (QED) is 0.437. The van der Waals surface area contributed by atoms with Crippen LogP contribution < -0.4 is 5.32 Å². The van der Waals surface area contributed by atoms with E-state index >= 15 is 0 Å². The molecule has 1 atom stereocenters. The van der Waals surface area contributed by atoms with Crippen LogP contribution in [0, 0.1) is 19.5 Å². The Balaban J connectivity index is 2.94. The van der Waals surface area contributed by atoms with Crippen LogP contribution in [0.5, 0.6) is 0 Å². The Morgan fingerprint density at radius 1 is 1.63 bits per heavy atom. The highest BCUT2D eigenvalue weighted by Crippen LogP contribution is 2.29. The minimum Gasteiger partial charge on any atom is -0.387 e. The van der Waals surface area contributed by atoms with E-state index in [1.165, 1.54) is 17.8 Å². The number of aliphatic hydroxyl groups is 1. The van der Waals surface area contributed by atoms with Crippen molar-refractivity contribution in [2.75, 3.05) is 23.9 Å². The lowest BCUT2D eigenvalue weighted by Crippen LogP contribution is -2.36. The molecular formula is C11H14FIN2O3S. The van der Waals surface area contributed by atoms with Crippen molar-refractivity contribution < 1.29 is 14.4 Å². The molecule has 0 aliphatic rings. The number of nitro groups is 1. The molecule has 1 aromatic rings. The third kappa shape index (κ3) is 4.77. The average Bonchev–Trinajstić information content (AvgIpc) is 2.30. The van der Waals surface area contributed by atoms with E-state index in [2.05, 4.69) is 5.32 Å². The Labute approximate surface area is 128 Å². The van der Waals surface area contributed by atoms with Crippen LogP contribution in [0.1, 0.15) is 6.92 Å². The van der Waals surface area contributed by atoms with Gasteiger partial charge in [-0.1, -0.05) is 0 Å². The molecule has 0 aliphatic carbocycles. The number of halogens is 2. The first kappa shape index (κ1) is 16.4. The smallest absolute Gasteiger partial charge is 0.293 e. The zero-order valence-corrected chi connectivity index (χ0v) is 13.4. The van der Waals surface area contributed by atoms with Gasteiger partial charge in [-0.05, 0) is 35.8 Å². The molecule has 0 radical (unpaired) electrons. The zero-order chi connectivity index (χ0) is 14.6. The molecule has 0 aliphatic heterocycles. The maximum absolute atomic E-state index is 13.5. The van der Waals surface area contributed by atoms with Gasteiger partial charge in [-0.25, -0.2) is 4.39 Å². The summed E-state index contributed by atoms with van der Waals surface area (Å²) in [6, 6.07) is 2.25. The lowest BCUT2D eigenvalue weighted by Gasteiger charge is -2.23. The van der Waals surface area contributed by atoms with E-state index in [0.717, 1.165) is 6.07 Å². The molecule has 0 amide bonds. The summed E-state index contributed by atoms with van der Waals surface area (Å²) in [6.45, 7) is 1.72. The standard InChI is InChI=1S/C11H14FIN2O3S/c1-11(16,6-19-2)5-14-9-3-7(12)8(13)4-10(9)15(17)18/h3-4,14,16H,5-6H2,1-2H3. The summed E-state index contributed by atoms with van der Waals surface area (Å²) < 4.78 is 13.6. The van der Waals surface area contributed by atoms with Gasteiger partial charge < -0.3 is 10.4 Å². The number of nitrogens with one attached hydrogen (secondary N) is 1. The van der Waals surface area contributed by atoms with Crippen LogP contribution >= 0.6 is 34.4 Å². The lowest BCUT2D eigenvalue weighted by atomic mass is 10.1. The van der Waals surface area contributed by atoms with Gasteiger partial charge in [-0.2, -0.15) is 11.8 Å². The first-order valence-corrected chi connectivity index (χ1v) is 7.83. The van der Waals surface area contributed by atoms with Gasteiger partial charge in [0.05, 0.1) is 14.1 Å². The van der Waals surface area contributed by atoms with Crippen molar-refractivity contribution in [3.8, 4) is 0 Å². The van der Waals surface area contributed by atoms with Gasteiger partial charge in [0.1, 0.15) is 11.5 Å². The van der Waals surface area contributed by atoms with Crippen molar-refractivity contribution in [3.63, 3.8) is 0 Å². The number of nitro benzene ring substituents is 1. The van der Waals surface area contributed by atoms with Crippen LogP contribution in [0.3, 0.4) is 0 Å². The molecule has 19 heavy (non-hydrogen) atoms. The highest BCUT2D eigenvalue weighted by atomic mass is 127. The van der Waals surface area contributed by atoms with E-state index in [-0.39, 0.29) is 21.5 Å². The van der Waals surface area contributed by atoms with Gasteiger partial charge in [0.15, 0.2) is 0 Å². The van der Waals surface area contributed by atoms with Crippen molar-refractivity contribution in [2.45, 2.75) is 12.5 Å². The normalized spacial score (nSPS) is 13.9. The number of nitrogens with zero attached hydrogens (tertiary/aromatic N) is 1. The van der Waals surface area contributed by atoms with Crippen LogP contribution in [0.15, 0.2) is 12.1 Å². The van der Waals surface area contributed by atoms with E-state index < -0.39 is 16.3 Å². The van der Waals surface area contributed by atoms with E-state index in [1.54, 1.807) is 29.5 Å². The second kappa shape index (κ2) is 6.71. The number of rotatable bonds is 6. The molecular weight excluding hydrogens is 386 g/mol. The van der Waals surface area contributed by atoms with Crippen LogP contribution in [0.2, 0.25) is 0 Å². The largest absolute Gasteiger partial charge is 0.387 e. The number of hydrogen-bond donors (Lipinski definition) is 2. The first-order valence-electron chi connectivity index (χ1n) is 5.35. The van der Waals surface area contributed by atoms with Crippen molar-refractivity contribution in [1.82, 2.24) is 0 Å². The molecule has 2 N–H and O–H groups in total. The summed E-state index contributed by atoms with van der Waals surface area (Å²) in [4.78, 5) is 10.3. The highest BCUT2D eigenvalue weighted by Gasteiger charge is 2.23. The van der Waals surface area contributed by atoms with Crippen LogP contribution in [-0.4, -0.2) is 34.2 Å². The van der Waals surface area contributed by atoms with E-state index in [9.17, 15) is 19.6 Å². The van der Waals surface area contributed by atoms with E-state index in [4.69, 9.17) is 0 Å². The summed E-state index contributed by atoms with van der Waals surface area (Å²) >= 11 is 3.16. The third-order valence-electron chi connectivity index (χ3n) is 2.35. The summed E-state index contributed by atoms with van der Waals surface area (Å²) in [7, 11) is 0. The fourth-order valence-corrected chi connectivity index (χ4v) is 2.65. The van der Waals surface area contributed by atoms with Gasteiger partial charge >= 0.3 is 0 Å². The van der Waals surface area contributed by atoms with E-state index in [1.807, 2.05) is 6.26 Å². The van der Waals surface area contributed by atoms with E-state index in [0.29, 0.717) is 5.75 Å². The lowest BCUT2D eigenvalue weighted by molar-refractivity contribution is -0.384. The molecule has 106 valence electrons. The molecule has 0 bridgehead atoms. The third-order valence-corrected chi connectivity index (χ3v) is 4.09. The van der Waals surface area contributed by atoms with Crippen molar-refractivity contribution in [2.24, 2.45) is 0 Å². The maximum Gasteiger partial charge on any atom is 0.293 e. The summed E-state index contributed by atoms with van der Waals surface area (Å²) in [5, 5.41) is 23.6.